The van der Waals surface area contributed by atoms with Crippen molar-refractivity contribution in [2.45, 2.75) is 40.8 Å². The van der Waals surface area contributed by atoms with Crippen LogP contribution in [0.4, 0.5) is 13.2 Å². The molecule has 2 nitrogen and oxygen atoms in total. The van der Waals surface area contributed by atoms with Crippen LogP contribution in [0.25, 0.3) is 0 Å². The standard InChI is InChI=1S/C10H11F3O2.2C2H6/c1-2-14-8-5-3-4-6-9(8)15-7-10(11,12)13;2*1-2/h3-6H,2,7H2,1H3;2*1-2H3. The number of benzene rings is 1. The molecule has 0 saturated carbocycles. The van der Waals surface area contributed by atoms with Crippen LogP contribution in [0.3, 0.4) is 0 Å². The minimum absolute atomic E-state index is 0.108. The molecule has 112 valence electrons. The highest BCUT2D eigenvalue weighted by atomic mass is 19.4. The number of alkyl halides is 3. The van der Waals surface area contributed by atoms with Crippen molar-refractivity contribution < 1.29 is 22.6 Å². The van der Waals surface area contributed by atoms with Crippen molar-refractivity contribution in [1.82, 2.24) is 0 Å². The van der Waals surface area contributed by atoms with Crippen LogP contribution in [0.2, 0.25) is 0 Å². The Morgan fingerprint density at radius 3 is 1.68 bits per heavy atom. The molecule has 0 fully saturated rings. The summed E-state index contributed by atoms with van der Waals surface area (Å²) >= 11 is 0. The molecule has 0 unspecified atom stereocenters. The maximum absolute atomic E-state index is 11.9. The highest BCUT2D eigenvalue weighted by molar-refractivity contribution is 5.39. The van der Waals surface area contributed by atoms with E-state index in [0.29, 0.717) is 12.4 Å². The number of ether oxygens (including phenoxy) is 2. The van der Waals surface area contributed by atoms with Gasteiger partial charge in [0.15, 0.2) is 18.1 Å². The Kier molecular flexibility index (Phi) is 12.3. The van der Waals surface area contributed by atoms with E-state index in [-0.39, 0.29) is 5.75 Å². The molecule has 0 spiro atoms. The molecule has 0 heterocycles. The second kappa shape index (κ2) is 11.7. The van der Waals surface area contributed by atoms with Crippen molar-refractivity contribution in [3.63, 3.8) is 0 Å². The second-order valence-corrected chi connectivity index (χ2v) is 2.78. The first-order valence-electron chi connectivity index (χ1n) is 6.44. The van der Waals surface area contributed by atoms with E-state index >= 15 is 0 Å². The van der Waals surface area contributed by atoms with E-state index in [1.165, 1.54) is 6.07 Å². The van der Waals surface area contributed by atoms with Gasteiger partial charge in [-0.2, -0.15) is 13.2 Å². The normalized spacial score (nSPS) is 9.47. The lowest BCUT2D eigenvalue weighted by Crippen LogP contribution is -2.19. The molecule has 1 aromatic rings. The van der Waals surface area contributed by atoms with Gasteiger partial charge in [-0.05, 0) is 19.1 Å². The minimum Gasteiger partial charge on any atom is -0.490 e. The van der Waals surface area contributed by atoms with Crippen molar-refractivity contribution in [2.75, 3.05) is 13.2 Å². The zero-order valence-corrected chi connectivity index (χ0v) is 12.2. The molecule has 0 aromatic heterocycles. The smallest absolute Gasteiger partial charge is 0.422 e. The van der Waals surface area contributed by atoms with Crippen LogP contribution in [0.5, 0.6) is 11.5 Å². The van der Waals surface area contributed by atoms with Gasteiger partial charge in [-0.15, -0.1) is 0 Å². The molecule has 0 aliphatic carbocycles. The van der Waals surface area contributed by atoms with Gasteiger partial charge in [0.05, 0.1) is 6.61 Å². The van der Waals surface area contributed by atoms with Crippen LogP contribution in [-0.2, 0) is 0 Å². The molecule has 5 heteroatoms. The lowest BCUT2D eigenvalue weighted by Gasteiger charge is -2.12. The lowest BCUT2D eigenvalue weighted by atomic mass is 10.3. The number of rotatable bonds is 4. The Labute approximate surface area is 113 Å². The molecule has 0 saturated heterocycles. The summed E-state index contributed by atoms with van der Waals surface area (Å²) in [5, 5.41) is 0. The highest BCUT2D eigenvalue weighted by Gasteiger charge is 2.28. The van der Waals surface area contributed by atoms with Crippen LogP contribution in [0, 0.1) is 0 Å². The summed E-state index contributed by atoms with van der Waals surface area (Å²) in [6.07, 6.45) is -4.33. The van der Waals surface area contributed by atoms with E-state index in [1.807, 2.05) is 27.7 Å². The predicted octanol–water partition coefficient (Wildman–Crippen LogP) is 5.08. The van der Waals surface area contributed by atoms with Gasteiger partial charge in [0.2, 0.25) is 0 Å². The number of hydrogen-bond donors (Lipinski definition) is 0. The summed E-state index contributed by atoms with van der Waals surface area (Å²) in [5.74, 6) is 0.431. The molecule has 0 amide bonds. The fourth-order valence-electron chi connectivity index (χ4n) is 1.00. The Balaban J connectivity index is 0. The van der Waals surface area contributed by atoms with E-state index in [0.717, 1.165) is 0 Å². The summed E-state index contributed by atoms with van der Waals surface area (Å²) in [4.78, 5) is 0. The summed E-state index contributed by atoms with van der Waals surface area (Å²) in [6, 6.07) is 6.27. The molecule has 0 bridgehead atoms. The van der Waals surface area contributed by atoms with Gasteiger partial charge < -0.3 is 9.47 Å². The quantitative estimate of drug-likeness (QED) is 0.765. The van der Waals surface area contributed by atoms with Crippen molar-refractivity contribution >= 4 is 0 Å². The number of para-hydroxylation sites is 2. The first kappa shape index (κ1) is 19.9. The van der Waals surface area contributed by atoms with Crippen LogP contribution >= 0.6 is 0 Å². The zero-order chi connectivity index (χ0) is 15.3. The van der Waals surface area contributed by atoms with Crippen molar-refractivity contribution in [3.8, 4) is 11.5 Å². The maximum atomic E-state index is 11.9. The van der Waals surface area contributed by atoms with Gasteiger partial charge in [0.1, 0.15) is 0 Å². The Hall–Kier alpha value is -1.39. The van der Waals surface area contributed by atoms with E-state index in [9.17, 15) is 13.2 Å². The van der Waals surface area contributed by atoms with Gasteiger partial charge in [0.25, 0.3) is 0 Å². The van der Waals surface area contributed by atoms with E-state index in [1.54, 1.807) is 25.1 Å². The number of hydrogen-bond acceptors (Lipinski definition) is 2. The van der Waals surface area contributed by atoms with Crippen LogP contribution < -0.4 is 9.47 Å². The van der Waals surface area contributed by atoms with Crippen molar-refractivity contribution in [2.24, 2.45) is 0 Å². The average molecular weight is 280 g/mol. The van der Waals surface area contributed by atoms with Gasteiger partial charge in [-0.25, -0.2) is 0 Å². The lowest BCUT2D eigenvalue weighted by molar-refractivity contribution is -0.153. The zero-order valence-electron chi connectivity index (χ0n) is 12.2. The monoisotopic (exact) mass is 280 g/mol. The molecule has 1 aromatic carbocycles. The fourth-order valence-corrected chi connectivity index (χ4v) is 1.00. The van der Waals surface area contributed by atoms with Crippen LogP contribution in [0.15, 0.2) is 24.3 Å². The Morgan fingerprint density at radius 1 is 0.895 bits per heavy atom. The SMILES string of the molecule is CC.CC.CCOc1ccccc1OCC(F)(F)F. The maximum Gasteiger partial charge on any atom is 0.422 e. The molecule has 0 radical (unpaired) electrons. The van der Waals surface area contributed by atoms with Crippen LogP contribution in [0.1, 0.15) is 34.6 Å². The Bertz CT molecular complexity index is 312. The van der Waals surface area contributed by atoms with Gasteiger partial charge in [0, 0.05) is 0 Å². The molecular formula is C14H23F3O2. The van der Waals surface area contributed by atoms with E-state index in [2.05, 4.69) is 4.74 Å². The molecule has 19 heavy (non-hydrogen) atoms. The predicted molar refractivity (Wildman–Crippen MR) is 71.9 cm³/mol. The Morgan fingerprint density at radius 2 is 1.32 bits per heavy atom. The average Bonchev–Trinajstić information content (AvgIpc) is 2.42. The van der Waals surface area contributed by atoms with Crippen LogP contribution in [-0.4, -0.2) is 19.4 Å². The molecule has 0 atom stereocenters. The first-order valence-corrected chi connectivity index (χ1v) is 6.44. The summed E-state index contributed by atoms with van der Waals surface area (Å²) < 4.78 is 45.4. The van der Waals surface area contributed by atoms with Crippen molar-refractivity contribution in [1.29, 1.82) is 0 Å². The topological polar surface area (TPSA) is 18.5 Å². The fraction of sp³-hybridized carbons (Fsp3) is 0.571. The molecule has 0 N–H and O–H groups in total. The van der Waals surface area contributed by atoms with Gasteiger partial charge in [-0.3, -0.25) is 0 Å². The molecule has 0 aliphatic heterocycles. The summed E-state index contributed by atoms with van der Waals surface area (Å²) in [6.45, 7) is 8.82. The largest absolute Gasteiger partial charge is 0.490 e. The first-order chi connectivity index (χ1) is 9.03. The second-order valence-electron chi connectivity index (χ2n) is 2.78. The third kappa shape index (κ3) is 10.2. The van der Waals surface area contributed by atoms with Gasteiger partial charge in [-0.1, -0.05) is 39.8 Å². The minimum atomic E-state index is -4.33. The molecule has 0 aliphatic rings. The van der Waals surface area contributed by atoms with Gasteiger partial charge >= 0.3 is 6.18 Å². The third-order valence-corrected chi connectivity index (χ3v) is 1.54. The third-order valence-electron chi connectivity index (χ3n) is 1.54. The van der Waals surface area contributed by atoms with E-state index in [4.69, 9.17) is 4.74 Å². The van der Waals surface area contributed by atoms with E-state index < -0.39 is 12.8 Å². The summed E-state index contributed by atoms with van der Waals surface area (Å²) in [7, 11) is 0. The van der Waals surface area contributed by atoms with Crippen molar-refractivity contribution in [3.05, 3.63) is 24.3 Å². The molecule has 1 rings (SSSR count). The highest BCUT2D eigenvalue weighted by Crippen LogP contribution is 2.28. The number of halogens is 3. The molecular weight excluding hydrogens is 257 g/mol. The summed E-state index contributed by atoms with van der Waals surface area (Å²) in [5.41, 5.74) is 0.